The number of alkyl halides is 1. The van der Waals surface area contributed by atoms with Crippen LogP contribution in [-0.2, 0) is 14.8 Å². The molecule has 0 aromatic heterocycles. The Labute approximate surface area is 125 Å². The fraction of sp³-hybridized carbons (Fsp3) is 0.929. The largest absolute Gasteiger partial charge is 0.342 e. The first-order valence-corrected chi connectivity index (χ1v) is 9.56. The number of carbonyl (C=O) groups is 1. The van der Waals surface area contributed by atoms with Gasteiger partial charge in [-0.2, -0.15) is 0 Å². The molecule has 1 amide bonds. The smallest absolute Gasteiger partial charge is 0.225 e. The predicted molar refractivity (Wildman–Crippen MR) is 76.9 cm³/mol. The molecule has 2 saturated carbocycles. The number of halogens is 1. The van der Waals surface area contributed by atoms with Crippen molar-refractivity contribution in [2.24, 2.45) is 11.3 Å². The molecule has 1 aliphatic heterocycles. The Morgan fingerprint density at radius 3 is 2.29 bits per heavy atom. The Hall–Kier alpha value is -0.690. The van der Waals surface area contributed by atoms with E-state index in [9.17, 15) is 17.6 Å². The molecule has 1 heterocycles. The predicted octanol–water partition coefficient (Wildman–Crippen LogP) is 1.05. The lowest BCUT2D eigenvalue weighted by molar-refractivity contribution is -0.144. The van der Waals surface area contributed by atoms with Crippen molar-refractivity contribution in [3.8, 4) is 0 Å². The maximum absolute atomic E-state index is 12.8. The van der Waals surface area contributed by atoms with Crippen LogP contribution in [0.4, 0.5) is 4.39 Å². The molecule has 0 unspecified atom stereocenters. The van der Waals surface area contributed by atoms with Crippen molar-refractivity contribution in [1.82, 2.24) is 9.62 Å². The van der Waals surface area contributed by atoms with Gasteiger partial charge in [0, 0.05) is 25.0 Å². The molecular weight excluding hydrogens is 295 g/mol. The van der Waals surface area contributed by atoms with E-state index in [2.05, 4.69) is 4.72 Å². The summed E-state index contributed by atoms with van der Waals surface area (Å²) in [5.74, 6) is 0.0129. The van der Waals surface area contributed by atoms with E-state index in [1.807, 2.05) is 4.90 Å². The molecule has 1 spiro atoms. The Balaban J connectivity index is 1.45. The zero-order valence-electron chi connectivity index (χ0n) is 12.3. The highest BCUT2D eigenvalue weighted by molar-refractivity contribution is 7.88. The Morgan fingerprint density at radius 2 is 1.81 bits per heavy atom. The average Bonchev–Trinajstić information content (AvgIpc) is 2.31. The first-order valence-electron chi connectivity index (χ1n) is 7.67. The number of nitrogens with zero attached hydrogens (tertiary/aromatic N) is 1. The summed E-state index contributed by atoms with van der Waals surface area (Å²) in [6, 6.07) is 0.0566. The number of carbonyl (C=O) groups excluding carboxylic acids is 1. The van der Waals surface area contributed by atoms with Crippen LogP contribution >= 0.6 is 0 Å². The van der Waals surface area contributed by atoms with E-state index in [1.54, 1.807) is 0 Å². The molecular formula is C14H23FN2O3S. The van der Waals surface area contributed by atoms with Crippen molar-refractivity contribution in [2.45, 2.75) is 50.7 Å². The van der Waals surface area contributed by atoms with Gasteiger partial charge in [0.15, 0.2) is 0 Å². The van der Waals surface area contributed by atoms with Crippen molar-refractivity contribution in [3.05, 3.63) is 0 Å². The summed E-state index contributed by atoms with van der Waals surface area (Å²) in [4.78, 5) is 14.0. The number of rotatable bonds is 3. The molecule has 0 bridgehead atoms. The normalized spacial score (nSPS) is 32.6. The second-order valence-electron chi connectivity index (χ2n) is 7.09. The van der Waals surface area contributed by atoms with Crippen molar-refractivity contribution in [1.29, 1.82) is 0 Å². The molecule has 0 atom stereocenters. The van der Waals surface area contributed by atoms with Crippen LogP contribution in [0.25, 0.3) is 0 Å². The van der Waals surface area contributed by atoms with Crippen LogP contribution in [-0.4, -0.2) is 50.8 Å². The van der Waals surface area contributed by atoms with Crippen LogP contribution in [0.2, 0.25) is 0 Å². The van der Waals surface area contributed by atoms with E-state index < -0.39 is 16.2 Å². The lowest BCUT2D eigenvalue weighted by atomic mass is 9.60. The van der Waals surface area contributed by atoms with Crippen molar-refractivity contribution >= 4 is 15.9 Å². The standard InChI is InChI=1S/C14H23FN2O3S/c1-21(19,20)16-12-8-14(9-12)2-4-17(5-3-14)13(18)10-6-11(15)7-10/h10-12,16H,2-9H2,1H3. The fourth-order valence-electron chi connectivity index (χ4n) is 3.99. The number of nitrogens with one attached hydrogen (secondary N) is 1. The molecule has 0 aromatic rings. The van der Waals surface area contributed by atoms with Gasteiger partial charge in [0.1, 0.15) is 6.17 Å². The molecule has 3 aliphatic rings. The van der Waals surface area contributed by atoms with Crippen LogP contribution < -0.4 is 4.72 Å². The van der Waals surface area contributed by atoms with E-state index in [4.69, 9.17) is 0 Å². The number of hydrogen-bond donors (Lipinski definition) is 1. The van der Waals surface area contributed by atoms with Gasteiger partial charge in [-0.15, -0.1) is 0 Å². The van der Waals surface area contributed by atoms with Crippen LogP contribution in [0, 0.1) is 11.3 Å². The number of amides is 1. The van der Waals surface area contributed by atoms with Crippen LogP contribution in [0.5, 0.6) is 0 Å². The molecule has 2 aliphatic carbocycles. The van der Waals surface area contributed by atoms with Crippen LogP contribution in [0.1, 0.15) is 38.5 Å². The zero-order chi connectivity index (χ0) is 15.3. The third kappa shape index (κ3) is 3.23. The molecule has 0 radical (unpaired) electrons. The Kier molecular flexibility index (Phi) is 3.76. The third-order valence-corrected chi connectivity index (χ3v) is 6.07. The van der Waals surface area contributed by atoms with Gasteiger partial charge >= 0.3 is 0 Å². The molecule has 3 fully saturated rings. The van der Waals surface area contributed by atoms with Crippen molar-refractivity contribution < 1.29 is 17.6 Å². The quantitative estimate of drug-likeness (QED) is 0.846. The molecule has 120 valence electrons. The highest BCUT2D eigenvalue weighted by atomic mass is 32.2. The second-order valence-corrected chi connectivity index (χ2v) is 8.87. The van der Waals surface area contributed by atoms with Crippen LogP contribution in [0.15, 0.2) is 0 Å². The molecule has 0 aromatic carbocycles. The van der Waals surface area contributed by atoms with Gasteiger partial charge in [0.2, 0.25) is 15.9 Å². The van der Waals surface area contributed by atoms with Gasteiger partial charge in [0.25, 0.3) is 0 Å². The Morgan fingerprint density at radius 1 is 1.24 bits per heavy atom. The average molecular weight is 318 g/mol. The molecule has 1 saturated heterocycles. The number of sulfonamides is 1. The lowest BCUT2D eigenvalue weighted by Crippen LogP contribution is -2.56. The first kappa shape index (κ1) is 15.2. The van der Waals surface area contributed by atoms with Gasteiger partial charge < -0.3 is 4.90 Å². The van der Waals surface area contributed by atoms with E-state index in [0.29, 0.717) is 12.8 Å². The highest BCUT2D eigenvalue weighted by Gasteiger charge is 2.48. The number of hydrogen-bond acceptors (Lipinski definition) is 3. The maximum atomic E-state index is 12.8. The lowest BCUT2D eigenvalue weighted by Gasteiger charge is -2.52. The van der Waals surface area contributed by atoms with Gasteiger partial charge in [-0.25, -0.2) is 17.5 Å². The summed E-state index contributed by atoms with van der Waals surface area (Å²) >= 11 is 0. The monoisotopic (exact) mass is 318 g/mol. The molecule has 5 nitrogen and oxygen atoms in total. The summed E-state index contributed by atoms with van der Waals surface area (Å²) in [6.07, 6.45) is 4.80. The van der Waals surface area contributed by atoms with E-state index >= 15 is 0 Å². The minimum Gasteiger partial charge on any atom is -0.342 e. The summed E-state index contributed by atoms with van der Waals surface area (Å²) in [7, 11) is -3.13. The topological polar surface area (TPSA) is 66.5 Å². The minimum absolute atomic E-state index is 0.0566. The Bertz CT molecular complexity index is 514. The third-order valence-electron chi connectivity index (χ3n) is 5.31. The van der Waals surface area contributed by atoms with E-state index in [1.165, 1.54) is 6.26 Å². The molecule has 21 heavy (non-hydrogen) atoms. The highest BCUT2D eigenvalue weighted by Crippen LogP contribution is 2.49. The van der Waals surface area contributed by atoms with Crippen LogP contribution in [0.3, 0.4) is 0 Å². The number of likely N-dealkylation sites (tertiary alicyclic amines) is 1. The summed E-state index contributed by atoms with van der Waals surface area (Å²) < 4.78 is 37.9. The van der Waals surface area contributed by atoms with Crippen molar-refractivity contribution in [3.63, 3.8) is 0 Å². The second kappa shape index (κ2) is 5.19. The van der Waals surface area contributed by atoms with E-state index in [-0.39, 0.29) is 23.3 Å². The van der Waals surface area contributed by atoms with Gasteiger partial charge in [0.05, 0.1) is 6.26 Å². The SMILES string of the molecule is CS(=O)(=O)NC1CC2(CCN(C(=O)C3CC(F)C3)CC2)C1. The van der Waals surface area contributed by atoms with Crippen molar-refractivity contribution in [2.75, 3.05) is 19.3 Å². The van der Waals surface area contributed by atoms with Gasteiger partial charge in [-0.1, -0.05) is 0 Å². The fourth-order valence-corrected chi connectivity index (χ4v) is 4.76. The molecule has 7 heteroatoms. The maximum Gasteiger partial charge on any atom is 0.225 e. The van der Waals surface area contributed by atoms with E-state index in [0.717, 1.165) is 38.8 Å². The minimum atomic E-state index is -3.13. The zero-order valence-corrected chi connectivity index (χ0v) is 13.2. The summed E-state index contributed by atoms with van der Waals surface area (Å²) in [6.45, 7) is 1.47. The molecule has 3 rings (SSSR count). The number of piperidine rings is 1. The molecule has 1 N–H and O–H groups in total. The summed E-state index contributed by atoms with van der Waals surface area (Å²) in [5.41, 5.74) is 0.210. The van der Waals surface area contributed by atoms with Gasteiger partial charge in [-0.05, 0) is 43.9 Å². The van der Waals surface area contributed by atoms with Gasteiger partial charge in [-0.3, -0.25) is 4.79 Å². The first-order chi connectivity index (χ1) is 9.76. The summed E-state index contributed by atoms with van der Waals surface area (Å²) in [5, 5.41) is 0.